The van der Waals surface area contributed by atoms with Crippen molar-refractivity contribution in [2.75, 3.05) is 0 Å². The number of hydrogen-bond acceptors (Lipinski definition) is 2. The summed E-state index contributed by atoms with van der Waals surface area (Å²) < 4.78 is 22.1. The van der Waals surface area contributed by atoms with Crippen molar-refractivity contribution >= 4 is 174 Å². The van der Waals surface area contributed by atoms with Gasteiger partial charge in [-0.15, -0.1) is 0 Å². The van der Waals surface area contributed by atoms with Crippen LogP contribution in [0.2, 0.25) is 0 Å². The molecule has 6 nitrogen and oxygen atoms in total. The third kappa shape index (κ3) is 10.2. The first-order chi connectivity index (χ1) is 58.5. The highest BCUT2D eigenvalue weighted by atomic mass is 16.3. The molecule has 0 atom stereocenters. The van der Waals surface area contributed by atoms with Gasteiger partial charge in [-0.1, -0.05) is 267 Å². The number of rotatable bonds is 8. The lowest BCUT2D eigenvalue weighted by Crippen LogP contribution is -1.95. The Morgan fingerprint density at radius 2 is 0.458 bits per heavy atom. The third-order valence-corrected chi connectivity index (χ3v) is 25.0. The zero-order valence-electron chi connectivity index (χ0n) is 63.9. The van der Waals surface area contributed by atoms with Gasteiger partial charge in [0.15, 0.2) is 0 Å². The molecule has 0 fully saturated rings. The molecule has 0 aliphatic heterocycles. The van der Waals surface area contributed by atoms with Crippen LogP contribution in [0.1, 0.15) is 0 Å². The van der Waals surface area contributed by atoms with Crippen LogP contribution >= 0.6 is 0 Å². The van der Waals surface area contributed by atoms with Crippen molar-refractivity contribution in [2.24, 2.45) is 0 Å². The molecule has 6 heterocycles. The maximum Gasteiger partial charge on any atom is 0.135 e. The molecule has 20 aromatic carbocycles. The van der Waals surface area contributed by atoms with Crippen molar-refractivity contribution < 1.29 is 8.83 Å². The molecular formula is C112H68N4O2. The van der Waals surface area contributed by atoms with E-state index in [4.69, 9.17) is 8.83 Å². The molecule has 26 rings (SSSR count). The number of furan rings is 2. The van der Waals surface area contributed by atoms with Crippen LogP contribution in [-0.2, 0) is 0 Å². The normalized spacial score (nSPS) is 12.1. The van der Waals surface area contributed by atoms with E-state index in [1.54, 1.807) is 0 Å². The first kappa shape index (κ1) is 65.8. The van der Waals surface area contributed by atoms with Crippen molar-refractivity contribution in [3.05, 3.63) is 413 Å². The summed E-state index contributed by atoms with van der Waals surface area (Å²) in [5, 5.41) is 24.6. The molecule has 0 saturated heterocycles. The highest BCUT2D eigenvalue weighted by Gasteiger charge is 2.23. The van der Waals surface area contributed by atoms with E-state index in [1.165, 1.54) is 175 Å². The van der Waals surface area contributed by atoms with E-state index in [-0.39, 0.29) is 0 Å². The summed E-state index contributed by atoms with van der Waals surface area (Å²) in [6.45, 7) is 0. The van der Waals surface area contributed by atoms with E-state index in [0.29, 0.717) is 0 Å². The number of fused-ring (bicyclic) bond motifs is 24. The van der Waals surface area contributed by atoms with Gasteiger partial charge in [-0.3, -0.25) is 0 Å². The predicted octanol–water partition coefficient (Wildman–Crippen LogP) is 30.8. The van der Waals surface area contributed by atoms with Crippen LogP contribution in [0.5, 0.6) is 0 Å². The average molecular weight is 1500 g/mol. The zero-order valence-corrected chi connectivity index (χ0v) is 63.9. The number of aromatic nitrogens is 4. The minimum atomic E-state index is 0.903. The molecule has 0 unspecified atom stereocenters. The van der Waals surface area contributed by atoms with Crippen molar-refractivity contribution in [1.29, 1.82) is 0 Å². The van der Waals surface area contributed by atoms with E-state index in [1.807, 2.05) is 24.3 Å². The standard InChI is InChI=1S/2C56H34N2O/c1-2-13-43-35(10-1)20-21-40-30-37(22-26-44(40)43)36-11-9-12-41(31-36)58-51-17-6-3-14-45(51)47-27-23-39(33-54(47)58)38-24-28-53-49(32-38)46-15-4-7-18-52(46)57(53)42-25-29-56-50(34-42)48-16-5-8-19-55(48)59-56;1-2-15-41-38(12-1)32-48(43-17-4-3-16-42(41)43)37-13-11-14-39(30-37)58-51-21-8-5-18-44(51)46-27-24-36(33-54(46)58)35-25-28-53-49(31-35)45-19-6-9-22-52(45)57(53)40-26-29-56-50(34-40)47-20-7-10-23-55(47)59-56/h2*1-34H. The van der Waals surface area contributed by atoms with Crippen molar-refractivity contribution in [2.45, 2.75) is 0 Å². The Morgan fingerprint density at radius 3 is 0.992 bits per heavy atom. The van der Waals surface area contributed by atoms with Crippen LogP contribution < -0.4 is 0 Å². The second kappa shape index (κ2) is 25.9. The van der Waals surface area contributed by atoms with E-state index in [9.17, 15) is 0 Å². The van der Waals surface area contributed by atoms with Gasteiger partial charge in [0.25, 0.3) is 0 Å². The first-order valence-electron chi connectivity index (χ1n) is 40.5. The minimum absolute atomic E-state index is 0.903. The van der Waals surface area contributed by atoms with Gasteiger partial charge in [-0.2, -0.15) is 0 Å². The molecule has 0 N–H and O–H groups in total. The fraction of sp³-hybridized carbons (Fsp3) is 0. The van der Waals surface area contributed by atoms with Gasteiger partial charge in [-0.25, -0.2) is 0 Å². The van der Waals surface area contributed by atoms with Crippen LogP contribution in [0.4, 0.5) is 0 Å². The highest BCUT2D eigenvalue weighted by molar-refractivity contribution is 6.18. The Bertz CT molecular complexity index is 8730. The SMILES string of the molecule is c1cc(-c2cc3ccccc3c3ccccc23)cc(-n2c3ccccc3c3ccc(-c4ccc5c(c4)c4ccccc4n5-c4ccc5oc6ccccc6c5c4)cc32)c1.c1cc(-c2ccc3c(ccc4ccccc43)c2)cc(-n2c3ccccc3c3ccc(-c4ccc5c(c4)c4ccccc4n5-c4ccc5oc6ccccc6c5c4)cc32)c1. The van der Waals surface area contributed by atoms with Gasteiger partial charge in [0.05, 0.1) is 44.1 Å². The van der Waals surface area contributed by atoms with Gasteiger partial charge in [0.2, 0.25) is 0 Å². The van der Waals surface area contributed by atoms with Crippen molar-refractivity contribution in [3.8, 4) is 67.3 Å². The molecular weight excluding hydrogens is 1430 g/mol. The summed E-state index contributed by atoms with van der Waals surface area (Å²) in [5.74, 6) is 0. The first-order valence-corrected chi connectivity index (χ1v) is 40.5. The molecule has 0 aliphatic carbocycles. The molecule has 6 aromatic heterocycles. The second-order valence-corrected chi connectivity index (χ2v) is 31.4. The number of hydrogen-bond donors (Lipinski definition) is 0. The Hall–Kier alpha value is -15.8. The van der Waals surface area contributed by atoms with Crippen molar-refractivity contribution in [3.63, 3.8) is 0 Å². The number of nitrogens with zero attached hydrogens (tertiary/aromatic N) is 4. The minimum Gasteiger partial charge on any atom is -0.456 e. The van der Waals surface area contributed by atoms with Crippen LogP contribution in [0.25, 0.3) is 241 Å². The van der Waals surface area contributed by atoms with Crippen molar-refractivity contribution in [1.82, 2.24) is 18.3 Å². The largest absolute Gasteiger partial charge is 0.456 e. The number of benzene rings is 20. The predicted molar refractivity (Wildman–Crippen MR) is 497 cm³/mol. The molecule has 0 amide bonds. The Kier molecular flexibility index (Phi) is 14.4. The quantitative estimate of drug-likeness (QED) is 0.142. The molecule has 0 radical (unpaired) electrons. The molecule has 118 heavy (non-hydrogen) atoms. The maximum absolute atomic E-state index is 6.20. The summed E-state index contributed by atoms with van der Waals surface area (Å²) in [5.41, 5.74) is 27.2. The van der Waals surface area contributed by atoms with Crippen LogP contribution in [0.3, 0.4) is 0 Å². The smallest absolute Gasteiger partial charge is 0.135 e. The molecule has 6 heteroatoms. The summed E-state index contributed by atoms with van der Waals surface area (Å²) >= 11 is 0. The molecule has 0 bridgehead atoms. The molecule has 548 valence electrons. The molecule has 0 spiro atoms. The highest BCUT2D eigenvalue weighted by Crippen LogP contribution is 2.45. The Balaban J connectivity index is 0.000000131. The van der Waals surface area contributed by atoms with Crippen LogP contribution in [0.15, 0.2) is 421 Å². The second-order valence-electron chi connectivity index (χ2n) is 31.4. The van der Waals surface area contributed by atoms with E-state index < -0.39 is 0 Å². The van der Waals surface area contributed by atoms with Crippen LogP contribution in [-0.4, -0.2) is 18.3 Å². The van der Waals surface area contributed by atoms with Gasteiger partial charge < -0.3 is 27.1 Å². The topological polar surface area (TPSA) is 46.0 Å². The Labute approximate surface area is 676 Å². The lowest BCUT2D eigenvalue weighted by molar-refractivity contribution is 0.668. The van der Waals surface area contributed by atoms with Gasteiger partial charge >= 0.3 is 0 Å². The summed E-state index contributed by atoms with van der Waals surface area (Å²) in [6, 6.07) is 150. The van der Waals surface area contributed by atoms with Gasteiger partial charge in [0.1, 0.15) is 22.3 Å². The summed E-state index contributed by atoms with van der Waals surface area (Å²) in [4.78, 5) is 0. The average Bonchev–Trinajstić information content (AvgIpc) is 1.61. The molecule has 0 saturated carbocycles. The molecule has 26 aromatic rings. The van der Waals surface area contributed by atoms with Gasteiger partial charge in [-0.05, 0) is 233 Å². The van der Waals surface area contributed by atoms with E-state index in [2.05, 4.69) is 407 Å². The lowest BCUT2D eigenvalue weighted by Gasteiger charge is -2.14. The monoisotopic (exact) mass is 1500 g/mol. The van der Waals surface area contributed by atoms with E-state index >= 15 is 0 Å². The third-order valence-electron chi connectivity index (χ3n) is 25.0. The summed E-state index contributed by atoms with van der Waals surface area (Å²) in [7, 11) is 0. The Morgan fingerprint density at radius 1 is 0.136 bits per heavy atom. The van der Waals surface area contributed by atoms with Crippen LogP contribution in [0, 0.1) is 0 Å². The summed E-state index contributed by atoms with van der Waals surface area (Å²) in [6.07, 6.45) is 0. The maximum atomic E-state index is 6.20. The fourth-order valence-corrected chi connectivity index (χ4v) is 19.5. The number of para-hydroxylation sites is 6. The van der Waals surface area contributed by atoms with E-state index in [0.717, 1.165) is 66.6 Å². The zero-order chi connectivity index (χ0) is 77.2. The fourth-order valence-electron chi connectivity index (χ4n) is 19.5. The van der Waals surface area contributed by atoms with Gasteiger partial charge in [0, 0.05) is 87.4 Å². The lowest BCUT2D eigenvalue weighted by atomic mass is 9.93. The molecule has 0 aliphatic rings.